The van der Waals surface area contributed by atoms with Gasteiger partial charge >= 0.3 is 5.97 Å². The lowest BCUT2D eigenvalue weighted by Crippen LogP contribution is -2.22. The van der Waals surface area contributed by atoms with E-state index in [1.54, 1.807) is 42.0 Å². The molecule has 1 amide bonds. The number of carbonyl (C=O) groups excluding carboxylic acids is 2. The molecule has 6 nitrogen and oxygen atoms in total. The Morgan fingerprint density at radius 2 is 1.88 bits per heavy atom. The van der Waals surface area contributed by atoms with Crippen molar-refractivity contribution in [3.63, 3.8) is 0 Å². The van der Waals surface area contributed by atoms with E-state index in [0.717, 1.165) is 10.2 Å². The molecule has 0 N–H and O–H groups in total. The zero-order valence-corrected chi connectivity index (χ0v) is 15.6. The smallest absolute Gasteiger partial charge is 0.325 e. The van der Waals surface area contributed by atoms with E-state index in [-0.39, 0.29) is 6.54 Å². The van der Waals surface area contributed by atoms with Gasteiger partial charge in [-0.05, 0) is 42.5 Å². The number of amides is 1. The van der Waals surface area contributed by atoms with E-state index in [1.807, 2.05) is 12.1 Å². The first kappa shape index (κ1) is 18.2. The Bertz CT molecular complexity index is 1040. The monoisotopic (exact) mass is 390 g/mol. The molecule has 1 aromatic heterocycles. The molecular formula is C18H15ClN2O4S. The quantitative estimate of drug-likeness (QED) is 0.641. The number of methoxy groups -OCH3 is 2. The molecule has 0 aliphatic carbocycles. The first-order valence-electron chi connectivity index (χ1n) is 7.60. The van der Waals surface area contributed by atoms with Crippen molar-refractivity contribution in [2.24, 2.45) is 4.99 Å². The number of benzene rings is 2. The summed E-state index contributed by atoms with van der Waals surface area (Å²) < 4.78 is 12.5. The Labute approximate surface area is 158 Å². The number of aromatic nitrogens is 1. The Balaban J connectivity index is 2.13. The summed E-state index contributed by atoms with van der Waals surface area (Å²) >= 11 is 7.14. The largest absolute Gasteiger partial charge is 0.497 e. The molecule has 0 aliphatic rings. The number of ether oxygens (including phenoxy) is 2. The van der Waals surface area contributed by atoms with Crippen molar-refractivity contribution < 1.29 is 19.1 Å². The summed E-state index contributed by atoms with van der Waals surface area (Å²) in [6, 6.07) is 11.9. The zero-order valence-electron chi connectivity index (χ0n) is 14.1. The normalized spacial score (nSPS) is 11.6. The molecule has 0 saturated heterocycles. The fraction of sp³-hybridized carbons (Fsp3) is 0.167. The van der Waals surface area contributed by atoms with Crippen LogP contribution in [0.2, 0.25) is 5.02 Å². The molecule has 0 fully saturated rings. The maximum absolute atomic E-state index is 12.5. The van der Waals surface area contributed by atoms with Crippen LogP contribution in [0.4, 0.5) is 0 Å². The van der Waals surface area contributed by atoms with E-state index >= 15 is 0 Å². The lowest BCUT2D eigenvalue weighted by molar-refractivity contribution is -0.141. The van der Waals surface area contributed by atoms with Crippen molar-refractivity contribution in [3.8, 4) is 5.75 Å². The summed E-state index contributed by atoms with van der Waals surface area (Å²) in [4.78, 5) is 28.9. The molecule has 3 rings (SSSR count). The third-order valence-corrected chi connectivity index (χ3v) is 4.99. The second kappa shape index (κ2) is 7.72. The van der Waals surface area contributed by atoms with E-state index < -0.39 is 11.9 Å². The van der Waals surface area contributed by atoms with Crippen LogP contribution in [0.3, 0.4) is 0 Å². The van der Waals surface area contributed by atoms with E-state index in [9.17, 15) is 9.59 Å². The number of carbonyl (C=O) groups is 2. The molecule has 2 aromatic carbocycles. The van der Waals surface area contributed by atoms with Crippen LogP contribution in [0.15, 0.2) is 47.5 Å². The second-order valence-electron chi connectivity index (χ2n) is 5.30. The Morgan fingerprint density at radius 1 is 1.15 bits per heavy atom. The van der Waals surface area contributed by atoms with E-state index in [2.05, 4.69) is 4.99 Å². The standard InChI is InChI=1S/C18H15ClN2O4S/c1-24-13-7-8-14-15(9-13)26-18(21(14)10-16(22)25-2)20-17(23)11-3-5-12(19)6-4-11/h3-9H,10H2,1-2H3. The predicted molar refractivity (Wildman–Crippen MR) is 99.7 cm³/mol. The summed E-state index contributed by atoms with van der Waals surface area (Å²) in [7, 11) is 2.89. The van der Waals surface area contributed by atoms with Crippen LogP contribution in [0, 0.1) is 0 Å². The first-order chi connectivity index (χ1) is 12.5. The van der Waals surface area contributed by atoms with Crippen LogP contribution in [0.1, 0.15) is 10.4 Å². The second-order valence-corrected chi connectivity index (χ2v) is 6.75. The summed E-state index contributed by atoms with van der Waals surface area (Å²) in [6.07, 6.45) is 0. The van der Waals surface area contributed by atoms with Gasteiger partial charge in [0.15, 0.2) is 4.80 Å². The molecule has 0 unspecified atom stereocenters. The SMILES string of the molecule is COC(=O)Cn1c(=NC(=O)c2ccc(Cl)cc2)sc2cc(OC)ccc21. The van der Waals surface area contributed by atoms with Gasteiger partial charge in [-0.3, -0.25) is 9.59 Å². The molecule has 3 aromatic rings. The van der Waals surface area contributed by atoms with Gasteiger partial charge in [0.25, 0.3) is 5.91 Å². The molecule has 0 bridgehead atoms. The van der Waals surface area contributed by atoms with Crippen molar-refractivity contribution in [2.45, 2.75) is 6.54 Å². The molecule has 0 saturated carbocycles. The van der Waals surface area contributed by atoms with Gasteiger partial charge in [0.1, 0.15) is 12.3 Å². The Morgan fingerprint density at radius 3 is 2.54 bits per heavy atom. The van der Waals surface area contributed by atoms with Crippen molar-refractivity contribution in [1.82, 2.24) is 4.57 Å². The fourth-order valence-corrected chi connectivity index (χ4v) is 3.54. The number of nitrogens with zero attached hydrogens (tertiary/aromatic N) is 2. The number of hydrogen-bond donors (Lipinski definition) is 0. The molecule has 1 heterocycles. The molecule has 8 heteroatoms. The van der Waals surface area contributed by atoms with Crippen LogP contribution in [-0.2, 0) is 16.1 Å². The van der Waals surface area contributed by atoms with Gasteiger partial charge in [0, 0.05) is 10.6 Å². The maximum atomic E-state index is 12.5. The average Bonchev–Trinajstić information content (AvgIpc) is 2.98. The minimum Gasteiger partial charge on any atom is -0.497 e. The highest BCUT2D eigenvalue weighted by Crippen LogP contribution is 2.23. The summed E-state index contributed by atoms with van der Waals surface area (Å²) in [5, 5.41) is 0.538. The van der Waals surface area contributed by atoms with Crippen molar-refractivity contribution in [3.05, 3.63) is 57.9 Å². The van der Waals surface area contributed by atoms with Crippen LogP contribution < -0.4 is 9.54 Å². The van der Waals surface area contributed by atoms with Crippen molar-refractivity contribution in [1.29, 1.82) is 0 Å². The lowest BCUT2D eigenvalue weighted by Gasteiger charge is -2.04. The van der Waals surface area contributed by atoms with E-state index in [0.29, 0.717) is 21.1 Å². The van der Waals surface area contributed by atoms with E-state index in [4.69, 9.17) is 21.1 Å². The zero-order chi connectivity index (χ0) is 18.7. The van der Waals surface area contributed by atoms with Gasteiger partial charge in [-0.1, -0.05) is 22.9 Å². The van der Waals surface area contributed by atoms with Crippen LogP contribution >= 0.6 is 22.9 Å². The Hall–Kier alpha value is -2.64. The maximum Gasteiger partial charge on any atom is 0.325 e. The number of rotatable bonds is 4. The number of esters is 1. The average molecular weight is 391 g/mol. The summed E-state index contributed by atoms with van der Waals surface area (Å²) in [5.74, 6) is -0.167. The number of halogens is 1. The molecule has 134 valence electrons. The highest BCUT2D eigenvalue weighted by atomic mass is 35.5. The Kier molecular flexibility index (Phi) is 5.39. The topological polar surface area (TPSA) is 69.9 Å². The van der Waals surface area contributed by atoms with E-state index in [1.165, 1.54) is 18.4 Å². The predicted octanol–water partition coefficient (Wildman–Crippen LogP) is 3.28. The number of thiazole rings is 1. The summed E-state index contributed by atoms with van der Waals surface area (Å²) in [5.41, 5.74) is 1.18. The molecule has 0 aliphatic heterocycles. The molecule has 0 spiro atoms. The minimum atomic E-state index is -0.430. The van der Waals surface area contributed by atoms with Gasteiger partial charge < -0.3 is 14.0 Å². The van der Waals surface area contributed by atoms with Crippen LogP contribution in [0.25, 0.3) is 10.2 Å². The van der Waals surface area contributed by atoms with Crippen molar-refractivity contribution in [2.75, 3.05) is 14.2 Å². The van der Waals surface area contributed by atoms with Crippen LogP contribution in [-0.4, -0.2) is 30.7 Å². The minimum absolute atomic E-state index is 0.0461. The molecule has 0 radical (unpaired) electrons. The van der Waals surface area contributed by atoms with Crippen molar-refractivity contribution >= 4 is 45.0 Å². The third-order valence-electron chi connectivity index (χ3n) is 3.69. The first-order valence-corrected chi connectivity index (χ1v) is 8.80. The summed E-state index contributed by atoms with van der Waals surface area (Å²) in [6.45, 7) is -0.0461. The highest BCUT2D eigenvalue weighted by molar-refractivity contribution is 7.16. The highest BCUT2D eigenvalue weighted by Gasteiger charge is 2.13. The van der Waals surface area contributed by atoms with Crippen LogP contribution in [0.5, 0.6) is 5.75 Å². The molecule has 26 heavy (non-hydrogen) atoms. The fourth-order valence-electron chi connectivity index (χ4n) is 2.36. The molecular weight excluding hydrogens is 376 g/mol. The van der Waals surface area contributed by atoms with Gasteiger partial charge in [-0.25, -0.2) is 0 Å². The third kappa shape index (κ3) is 3.79. The number of fused-ring (bicyclic) bond motifs is 1. The van der Waals surface area contributed by atoms with Gasteiger partial charge in [-0.2, -0.15) is 4.99 Å². The molecule has 0 atom stereocenters. The van der Waals surface area contributed by atoms with Gasteiger partial charge in [-0.15, -0.1) is 0 Å². The van der Waals surface area contributed by atoms with Gasteiger partial charge in [0.05, 0.1) is 24.4 Å². The number of hydrogen-bond acceptors (Lipinski definition) is 5. The van der Waals surface area contributed by atoms with Gasteiger partial charge in [0.2, 0.25) is 0 Å². The lowest BCUT2D eigenvalue weighted by atomic mass is 10.2.